The van der Waals surface area contributed by atoms with Crippen molar-refractivity contribution in [2.75, 3.05) is 7.11 Å². The average molecular weight is 421 g/mol. The predicted molar refractivity (Wildman–Crippen MR) is 128 cm³/mol. The molecular weight excluding hydrogens is 396 g/mol. The number of methoxy groups -OCH3 is 1. The van der Waals surface area contributed by atoms with Gasteiger partial charge < -0.3 is 4.74 Å². The number of rotatable bonds is 5. The minimum Gasteiger partial charge on any atom is -0.497 e. The second-order valence-electron chi connectivity index (χ2n) is 7.82. The Balaban J connectivity index is 1.61. The highest BCUT2D eigenvalue weighted by Gasteiger charge is 2.20. The van der Waals surface area contributed by atoms with E-state index in [1.54, 1.807) is 7.11 Å². The predicted octanol–water partition coefficient (Wildman–Crippen LogP) is 5.67. The molecule has 0 saturated heterocycles. The molecule has 32 heavy (non-hydrogen) atoms. The third-order valence-electron chi connectivity index (χ3n) is 5.87. The minimum atomic E-state index is 0.565. The first kappa shape index (κ1) is 19.9. The minimum absolute atomic E-state index is 0.565. The number of nitrogens with zero attached hydrogens (tertiary/aromatic N) is 3. The number of allylic oxidation sites excluding steroid dienone is 1. The van der Waals surface area contributed by atoms with Crippen molar-refractivity contribution in [2.45, 2.75) is 19.3 Å². The molecule has 3 aromatic carbocycles. The van der Waals surface area contributed by atoms with Gasteiger partial charge in [0.05, 0.1) is 7.11 Å². The number of ether oxygens (including phenoxy) is 1. The van der Waals surface area contributed by atoms with E-state index in [0.29, 0.717) is 5.82 Å². The van der Waals surface area contributed by atoms with Gasteiger partial charge >= 0.3 is 0 Å². The second-order valence-corrected chi connectivity index (χ2v) is 7.82. The van der Waals surface area contributed by atoms with Gasteiger partial charge in [0.15, 0.2) is 5.82 Å². The van der Waals surface area contributed by atoms with Crippen molar-refractivity contribution in [2.24, 2.45) is 0 Å². The summed E-state index contributed by atoms with van der Waals surface area (Å²) in [6.07, 6.45) is 7.07. The van der Waals surface area contributed by atoms with Crippen molar-refractivity contribution in [1.82, 2.24) is 20.6 Å². The Morgan fingerprint density at radius 1 is 0.875 bits per heavy atom. The van der Waals surface area contributed by atoms with Gasteiger partial charge in [0.1, 0.15) is 5.75 Å². The van der Waals surface area contributed by atoms with Crippen LogP contribution in [0.1, 0.15) is 46.5 Å². The second kappa shape index (κ2) is 9.02. The van der Waals surface area contributed by atoms with Crippen LogP contribution in [0.15, 0.2) is 72.8 Å². The standard InChI is InChI=1S/C27H24N4O/c1-32-23-9-4-8-22(18-23)25-11-5-7-20-6-2-3-10-24(20)27(25)21-15-12-19(13-16-21)14-17-26-28-30-31-29-26/h2-4,6,8-10,12-18H,5,7,11H2,1H3,(H,28,29,30,31)/b17-14+. The Labute approximate surface area is 187 Å². The lowest BCUT2D eigenvalue weighted by molar-refractivity contribution is 0.414. The molecule has 0 spiro atoms. The summed E-state index contributed by atoms with van der Waals surface area (Å²) in [4.78, 5) is 0. The fourth-order valence-electron chi connectivity index (χ4n) is 4.33. The highest BCUT2D eigenvalue weighted by molar-refractivity contribution is 6.00. The van der Waals surface area contributed by atoms with Crippen LogP contribution < -0.4 is 4.74 Å². The van der Waals surface area contributed by atoms with Crippen molar-refractivity contribution in [3.05, 3.63) is 106 Å². The molecule has 1 N–H and O–H groups in total. The Morgan fingerprint density at radius 2 is 1.75 bits per heavy atom. The van der Waals surface area contributed by atoms with Crippen LogP contribution in [0.2, 0.25) is 0 Å². The van der Waals surface area contributed by atoms with E-state index in [-0.39, 0.29) is 0 Å². The number of benzene rings is 3. The van der Waals surface area contributed by atoms with E-state index in [4.69, 9.17) is 4.74 Å². The number of H-pyrrole nitrogens is 1. The van der Waals surface area contributed by atoms with E-state index in [1.807, 2.05) is 18.2 Å². The fourth-order valence-corrected chi connectivity index (χ4v) is 4.33. The first-order valence-electron chi connectivity index (χ1n) is 10.8. The first-order chi connectivity index (χ1) is 15.8. The lowest BCUT2D eigenvalue weighted by Crippen LogP contribution is -1.96. The molecule has 1 aliphatic carbocycles. The van der Waals surface area contributed by atoms with Crippen LogP contribution >= 0.6 is 0 Å². The Bertz CT molecular complexity index is 1270. The summed E-state index contributed by atoms with van der Waals surface area (Å²) >= 11 is 0. The maximum atomic E-state index is 5.51. The van der Waals surface area contributed by atoms with Crippen molar-refractivity contribution in [3.8, 4) is 5.75 Å². The van der Waals surface area contributed by atoms with E-state index in [2.05, 4.69) is 87.4 Å². The lowest BCUT2D eigenvalue weighted by atomic mass is 9.87. The SMILES string of the molecule is COc1cccc(C2=C(c3ccc(/C=C/c4nn[nH]n4)cc3)c3ccccc3CCC2)c1. The molecule has 5 rings (SSSR count). The molecule has 1 aromatic heterocycles. The topological polar surface area (TPSA) is 63.7 Å². The van der Waals surface area contributed by atoms with Crippen LogP contribution in [0.4, 0.5) is 0 Å². The van der Waals surface area contributed by atoms with E-state index in [0.717, 1.165) is 30.6 Å². The molecule has 1 aliphatic rings. The van der Waals surface area contributed by atoms with Crippen LogP contribution in [-0.2, 0) is 6.42 Å². The summed E-state index contributed by atoms with van der Waals surface area (Å²) in [5.41, 5.74) is 8.92. The fraction of sp³-hybridized carbons (Fsp3) is 0.148. The molecule has 0 bridgehead atoms. The molecule has 0 atom stereocenters. The number of aromatic nitrogens is 4. The maximum absolute atomic E-state index is 5.51. The van der Waals surface area contributed by atoms with E-state index >= 15 is 0 Å². The van der Waals surface area contributed by atoms with Gasteiger partial charge in [-0.25, -0.2) is 0 Å². The third-order valence-corrected chi connectivity index (χ3v) is 5.87. The molecule has 1 heterocycles. The molecule has 0 saturated carbocycles. The summed E-state index contributed by atoms with van der Waals surface area (Å²) in [5.74, 6) is 1.45. The van der Waals surface area contributed by atoms with Gasteiger partial charge in [0.2, 0.25) is 0 Å². The largest absolute Gasteiger partial charge is 0.497 e. The van der Waals surface area contributed by atoms with E-state index in [9.17, 15) is 0 Å². The van der Waals surface area contributed by atoms with Crippen LogP contribution in [0.5, 0.6) is 5.75 Å². The summed E-state index contributed by atoms with van der Waals surface area (Å²) < 4.78 is 5.51. The first-order valence-corrected chi connectivity index (χ1v) is 10.8. The molecule has 0 fully saturated rings. The van der Waals surface area contributed by atoms with Crippen molar-refractivity contribution >= 4 is 23.3 Å². The van der Waals surface area contributed by atoms with E-state index in [1.165, 1.54) is 33.4 Å². The maximum Gasteiger partial charge on any atom is 0.197 e. The van der Waals surface area contributed by atoms with Crippen LogP contribution in [0, 0.1) is 0 Å². The zero-order chi connectivity index (χ0) is 21.8. The molecule has 4 aromatic rings. The highest BCUT2D eigenvalue weighted by atomic mass is 16.5. The molecular formula is C27H24N4O. The Kier molecular flexibility index (Phi) is 5.62. The number of hydrogen-bond acceptors (Lipinski definition) is 4. The van der Waals surface area contributed by atoms with Gasteiger partial charge in [-0.2, -0.15) is 5.21 Å². The van der Waals surface area contributed by atoms with Crippen LogP contribution in [-0.4, -0.2) is 27.7 Å². The smallest absolute Gasteiger partial charge is 0.197 e. The molecule has 5 heteroatoms. The van der Waals surface area contributed by atoms with Crippen molar-refractivity contribution < 1.29 is 4.74 Å². The molecule has 5 nitrogen and oxygen atoms in total. The number of hydrogen-bond donors (Lipinski definition) is 1. The molecule has 0 radical (unpaired) electrons. The number of nitrogens with one attached hydrogen (secondary N) is 1. The summed E-state index contributed by atoms with van der Waals surface area (Å²) in [6, 6.07) is 25.9. The molecule has 158 valence electrons. The zero-order valence-corrected chi connectivity index (χ0v) is 18.0. The van der Waals surface area contributed by atoms with E-state index < -0.39 is 0 Å². The normalized spacial score (nSPS) is 13.8. The molecule has 0 amide bonds. The van der Waals surface area contributed by atoms with Gasteiger partial charge in [-0.15, -0.1) is 10.2 Å². The average Bonchev–Trinajstić information content (AvgIpc) is 3.29. The number of fused-ring (bicyclic) bond motifs is 1. The van der Waals surface area contributed by atoms with Crippen molar-refractivity contribution in [3.63, 3.8) is 0 Å². The Hall–Kier alpha value is -3.99. The number of aryl methyl sites for hydroxylation is 1. The number of aromatic amines is 1. The Morgan fingerprint density at radius 3 is 2.56 bits per heavy atom. The van der Waals surface area contributed by atoms with Gasteiger partial charge in [0, 0.05) is 0 Å². The van der Waals surface area contributed by atoms with Gasteiger partial charge in [-0.3, -0.25) is 0 Å². The van der Waals surface area contributed by atoms with Gasteiger partial charge in [-0.1, -0.05) is 66.7 Å². The molecule has 0 unspecified atom stereocenters. The van der Waals surface area contributed by atoms with Crippen LogP contribution in [0.25, 0.3) is 23.3 Å². The highest BCUT2D eigenvalue weighted by Crippen LogP contribution is 2.40. The molecule has 0 aliphatic heterocycles. The third kappa shape index (κ3) is 4.10. The summed E-state index contributed by atoms with van der Waals surface area (Å²) in [5, 5.41) is 14.0. The van der Waals surface area contributed by atoms with Crippen LogP contribution in [0.3, 0.4) is 0 Å². The monoisotopic (exact) mass is 420 g/mol. The summed E-state index contributed by atoms with van der Waals surface area (Å²) in [7, 11) is 1.72. The van der Waals surface area contributed by atoms with Gasteiger partial charge in [-0.05, 0) is 81.6 Å². The van der Waals surface area contributed by atoms with Gasteiger partial charge in [0.25, 0.3) is 0 Å². The lowest BCUT2D eigenvalue weighted by Gasteiger charge is -2.17. The number of tetrazole rings is 1. The van der Waals surface area contributed by atoms with Crippen molar-refractivity contribution in [1.29, 1.82) is 0 Å². The quantitative estimate of drug-likeness (QED) is 0.452. The summed E-state index contributed by atoms with van der Waals surface area (Å²) in [6.45, 7) is 0. The zero-order valence-electron chi connectivity index (χ0n) is 18.0.